The number of aromatic hydroxyl groups is 1. The summed E-state index contributed by atoms with van der Waals surface area (Å²) in [5.41, 5.74) is 2.92. The second-order valence-corrected chi connectivity index (χ2v) is 7.54. The lowest BCUT2D eigenvalue weighted by molar-refractivity contribution is 0.0498. The van der Waals surface area contributed by atoms with Crippen LogP contribution in [0.4, 0.5) is 0 Å². The van der Waals surface area contributed by atoms with Crippen LogP contribution in [0, 0.1) is 22.2 Å². The molecule has 0 aliphatic heterocycles. The number of rotatable bonds is 1. The lowest BCUT2D eigenvalue weighted by Crippen LogP contribution is -2.43. The molecule has 21 heavy (non-hydrogen) atoms. The van der Waals surface area contributed by atoms with Gasteiger partial charge in [-0.05, 0) is 85.0 Å². The summed E-state index contributed by atoms with van der Waals surface area (Å²) in [6.45, 7) is 2.30. The van der Waals surface area contributed by atoms with Crippen molar-refractivity contribution in [2.45, 2.75) is 57.4 Å². The molecule has 1 unspecified atom stereocenters. The molecular formula is C18H23NO2. The third-order valence-electron chi connectivity index (χ3n) is 6.79. The topological polar surface area (TPSA) is 49.7 Å². The second kappa shape index (κ2) is 4.56. The number of fused-ring (bicyclic) bond motifs is 5. The lowest BCUT2D eigenvalue weighted by Gasteiger charge is -2.49. The lowest BCUT2D eigenvalue weighted by atomic mass is 9.55. The Kier molecular flexibility index (Phi) is 2.88. The fraction of sp³-hybridized carbons (Fsp3) is 0.667. The Morgan fingerprint density at radius 1 is 1.24 bits per heavy atom. The van der Waals surface area contributed by atoms with E-state index >= 15 is 0 Å². The molecule has 3 aliphatic rings. The third kappa shape index (κ3) is 1.79. The van der Waals surface area contributed by atoms with E-state index in [1.54, 1.807) is 0 Å². The smallest absolute Gasteiger partial charge is 0.115 e. The number of phenols is 1. The van der Waals surface area contributed by atoms with Gasteiger partial charge in [0.1, 0.15) is 5.75 Å². The van der Waals surface area contributed by atoms with Crippen molar-refractivity contribution in [2.75, 3.05) is 0 Å². The summed E-state index contributed by atoms with van der Waals surface area (Å²) in [6.07, 6.45) is 6.71. The summed E-state index contributed by atoms with van der Waals surface area (Å²) in [5, 5.41) is 13.1. The molecule has 3 nitrogen and oxygen atoms in total. The van der Waals surface area contributed by atoms with Crippen LogP contribution in [0.2, 0.25) is 0 Å². The molecule has 2 fully saturated rings. The Balaban J connectivity index is 1.70. The summed E-state index contributed by atoms with van der Waals surface area (Å²) < 4.78 is 0. The molecule has 0 radical (unpaired) electrons. The van der Waals surface area contributed by atoms with Crippen LogP contribution in [0.15, 0.2) is 23.4 Å². The minimum absolute atomic E-state index is 0.0321. The summed E-state index contributed by atoms with van der Waals surface area (Å²) in [6, 6.07) is 5.95. The Hall–Kier alpha value is -1.38. The highest BCUT2D eigenvalue weighted by atomic mass is 16.3. The average Bonchev–Trinajstić information content (AvgIpc) is 2.83. The predicted octanol–water partition coefficient (Wildman–Crippen LogP) is 4.38. The van der Waals surface area contributed by atoms with Crippen molar-refractivity contribution in [1.29, 1.82) is 0 Å². The van der Waals surface area contributed by atoms with Gasteiger partial charge in [0.15, 0.2) is 0 Å². The molecule has 3 heteroatoms. The monoisotopic (exact) mass is 285 g/mol. The molecule has 4 rings (SSSR count). The molecule has 1 aromatic rings. The minimum atomic E-state index is 0.0321. The molecule has 3 aliphatic carbocycles. The van der Waals surface area contributed by atoms with E-state index in [1.807, 2.05) is 12.1 Å². The van der Waals surface area contributed by atoms with Gasteiger partial charge in [-0.15, -0.1) is 0 Å². The largest absolute Gasteiger partial charge is 0.508 e. The first-order valence-electron chi connectivity index (χ1n) is 8.28. The van der Waals surface area contributed by atoms with Gasteiger partial charge in [-0.2, -0.15) is 4.91 Å². The summed E-state index contributed by atoms with van der Waals surface area (Å²) in [7, 11) is 0. The number of nitroso groups, excluding NO2 is 1. The molecule has 1 N–H and O–H groups in total. The molecule has 0 spiro atoms. The van der Waals surface area contributed by atoms with E-state index in [9.17, 15) is 10.0 Å². The van der Waals surface area contributed by atoms with Gasteiger partial charge in [-0.3, -0.25) is 0 Å². The van der Waals surface area contributed by atoms with E-state index < -0.39 is 0 Å². The van der Waals surface area contributed by atoms with E-state index in [0.29, 0.717) is 23.5 Å². The average molecular weight is 285 g/mol. The van der Waals surface area contributed by atoms with Crippen LogP contribution in [-0.4, -0.2) is 11.1 Å². The molecule has 0 bridgehead atoms. The Morgan fingerprint density at radius 2 is 2.10 bits per heavy atom. The summed E-state index contributed by atoms with van der Waals surface area (Å²) in [4.78, 5) is 11.2. The first kappa shape index (κ1) is 13.3. The van der Waals surface area contributed by atoms with Crippen LogP contribution in [0.3, 0.4) is 0 Å². The number of phenolic OH excluding ortho intramolecular Hbond substituents is 1. The Labute approximate surface area is 125 Å². The highest BCUT2D eigenvalue weighted by molar-refractivity contribution is 5.40. The van der Waals surface area contributed by atoms with Crippen LogP contribution >= 0.6 is 0 Å². The predicted molar refractivity (Wildman–Crippen MR) is 82.3 cm³/mol. The number of hydrogen-bond acceptors (Lipinski definition) is 3. The van der Waals surface area contributed by atoms with Crippen LogP contribution in [0.1, 0.15) is 56.1 Å². The molecule has 0 saturated heterocycles. The number of aryl methyl sites for hydroxylation is 1. The van der Waals surface area contributed by atoms with Gasteiger partial charge >= 0.3 is 0 Å². The van der Waals surface area contributed by atoms with E-state index in [4.69, 9.17) is 0 Å². The van der Waals surface area contributed by atoms with Gasteiger partial charge in [0, 0.05) is 0 Å². The van der Waals surface area contributed by atoms with Crippen molar-refractivity contribution in [1.82, 2.24) is 0 Å². The van der Waals surface area contributed by atoms with E-state index in [2.05, 4.69) is 18.2 Å². The normalized spacial score (nSPS) is 41.0. The number of hydrogen-bond donors (Lipinski definition) is 1. The van der Waals surface area contributed by atoms with Crippen molar-refractivity contribution in [3.63, 3.8) is 0 Å². The quantitative estimate of drug-likeness (QED) is 0.778. The number of benzene rings is 1. The maximum atomic E-state index is 11.2. The summed E-state index contributed by atoms with van der Waals surface area (Å²) >= 11 is 0. The van der Waals surface area contributed by atoms with Crippen LogP contribution in [-0.2, 0) is 6.42 Å². The Bertz CT molecular complexity index is 585. The SMILES string of the molecule is C[C@]12CC[C@@H]3c4ccc(O)cc4CC[C@H]3[C@@H]1CCC2N=O. The van der Waals surface area contributed by atoms with Gasteiger partial charge in [-0.1, -0.05) is 18.2 Å². The second-order valence-electron chi connectivity index (χ2n) is 7.54. The first-order chi connectivity index (χ1) is 10.1. The van der Waals surface area contributed by atoms with Gasteiger partial charge in [0.05, 0.1) is 6.04 Å². The maximum absolute atomic E-state index is 11.2. The zero-order chi connectivity index (χ0) is 14.6. The molecule has 2 saturated carbocycles. The molecule has 0 amide bonds. The molecule has 0 heterocycles. The van der Waals surface area contributed by atoms with Crippen LogP contribution < -0.4 is 0 Å². The van der Waals surface area contributed by atoms with Gasteiger partial charge in [0.2, 0.25) is 0 Å². The van der Waals surface area contributed by atoms with E-state index in [1.165, 1.54) is 30.4 Å². The fourth-order valence-corrected chi connectivity index (χ4v) is 5.71. The standard InChI is InChI=1S/C18H23NO2/c1-18-9-8-14-13-5-3-12(20)10-11(13)2-4-15(14)16(18)6-7-17(18)19-21/h3,5,10,14-17,20H,2,4,6-9H2,1H3/t14-,15-,16+,17?,18+/m1/s1. The molecular weight excluding hydrogens is 262 g/mol. The van der Waals surface area contributed by atoms with E-state index in [0.717, 1.165) is 19.3 Å². The van der Waals surface area contributed by atoms with Gasteiger partial charge in [0.25, 0.3) is 0 Å². The highest BCUT2D eigenvalue weighted by Gasteiger charge is 2.55. The minimum Gasteiger partial charge on any atom is -0.508 e. The third-order valence-corrected chi connectivity index (χ3v) is 6.79. The van der Waals surface area contributed by atoms with Crippen LogP contribution in [0.25, 0.3) is 0 Å². The fourth-order valence-electron chi connectivity index (χ4n) is 5.71. The number of nitrogens with zero attached hydrogens (tertiary/aromatic N) is 1. The van der Waals surface area contributed by atoms with Crippen molar-refractivity contribution in [3.8, 4) is 5.75 Å². The Morgan fingerprint density at radius 3 is 2.90 bits per heavy atom. The summed E-state index contributed by atoms with van der Waals surface area (Å²) in [5.74, 6) is 2.37. The zero-order valence-corrected chi connectivity index (χ0v) is 12.6. The van der Waals surface area contributed by atoms with Gasteiger partial charge < -0.3 is 5.11 Å². The highest BCUT2D eigenvalue weighted by Crippen LogP contribution is 2.61. The zero-order valence-electron chi connectivity index (χ0n) is 12.6. The van der Waals surface area contributed by atoms with Crippen molar-refractivity contribution >= 4 is 0 Å². The molecule has 112 valence electrons. The first-order valence-corrected chi connectivity index (χ1v) is 8.28. The molecule has 0 aromatic heterocycles. The molecule has 5 atom stereocenters. The van der Waals surface area contributed by atoms with Crippen molar-refractivity contribution in [2.24, 2.45) is 22.4 Å². The van der Waals surface area contributed by atoms with Crippen molar-refractivity contribution in [3.05, 3.63) is 34.2 Å². The maximum Gasteiger partial charge on any atom is 0.115 e. The van der Waals surface area contributed by atoms with E-state index in [-0.39, 0.29) is 11.5 Å². The van der Waals surface area contributed by atoms with Crippen LogP contribution in [0.5, 0.6) is 5.75 Å². The molecule has 1 aromatic carbocycles. The van der Waals surface area contributed by atoms with Gasteiger partial charge in [-0.25, -0.2) is 0 Å². The van der Waals surface area contributed by atoms with Crippen molar-refractivity contribution < 1.29 is 5.11 Å².